The molecule has 0 radical (unpaired) electrons. The minimum Gasteiger partial charge on any atom is -0.475 e. The highest BCUT2D eigenvalue weighted by Crippen LogP contribution is 2.27. The van der Waals surface area contributed by atoms with Crippen LogP contribution in [0.4, 0.5) is 5.88 Å². The van der Waals surface area contributed by atoms with E-state index >= 15 is 0 Å². The van der Waals surface area contributed by atoms with Crippen LogP contribution in [0.5, 0.6) is 0 Å². The van der Waals surface area contributed by atoms with Crippen LogP contribution >= 0.6 is 0 Å². The smallest absolute Gasteiger partial charge is 0.433 e. The van der Waals surface area contributed by atoms with Gasteiger partial charge >= 0.3 is 11.9 Å². The van der Waals surface area contributed by atoms with Crippen molar-refractivity contribution in [1.29, 1.82) is 0 Å². The number of hydrogen-bond acceptors (Lipinski definition) is 7. The van der Waals surface area contributed by atoms with Gasteiger partial charge in [-0.05, 0) is 6.07 Å². The Hall–Kier alpha value is -2.68. The zero-order valence-corrected chi connectivity index (χ0v) is 9.65. The molecule has 19 heavy (non-hydrogen) atoms. The van der Waals surface area contributed by atoms with Gasteiger partial charge in [-0.3, -0.25) is 10.1 Å². The van der Waals surface area contributed by atoms with Gasteiger partial charge in [0.2, 0.25) is 5.76 Å². The first-order valence-corrected chi connectivity index (χ1v) is 4.99. The Bertz CT molecular complexity index is 628. The Morgan fingerprint density at radius 1 is 1.53 bits per heavy atom. The third kappa shape index (κ3) is 2.45. The number of carbonyl (C=O) groups is 1. The number of rotatable bonds is 5. The van der Waals surface area contributed by atoms with Crippen LogP contribution in [0.2, 0.25) is 0 Å². The molecule has 0 fully saturated rings. The Morgan fingerprint density at radius 2 is 2.26 bits per heavy atom. The van der Waals surface area contributed by atoms with Crippen molar-refractivity contribution in [2.24, 2.45) is 0 Å². The maximum absolute atomic E-state index is 10.9. The van der Waals surface area contributed by atoms with Crippen LogP contribution in [0, 0.1) is 10.1 Å². The summed E-state index contributed by atoms with van der Waals surface area (Å²) in [4.78, 5) is 24.6. The van der Waals surface area contributed by atoms with Crippen LogP contribution in [0.25, 0.3) is 11.7 Å². The van der Waals surface area contributed by atoms with E-state index in [2.05, 4.69) is 4.98 Å². The van der Waals surface area contributed by atoms with Crippen molar-refractivity contribution < 1.29 is 28.4 Å². The van der Waals surface area contributed by atoms with E-state index < -0.39 is 22.5 Å². The fraction of sp³-hybridized carbons (Fsp3) is 0.200. The molecule has 1 N–H and O–H groups in total. The second-order valence-corrected chi connectivity index (χ2v) is 3.43. The first kappa shape index (κ1) is 12.8. The van der Waals surface area contributed by atoms with Gasteiger partial charge in [0.15, 0.2) is 5.76 Å². The molecule has 0 unspecified atom stereocenters. The summed E-state index contributed by atoms with van der Waals surface area (Å²) in [5.41, 5.74) is 0.0732. The zero-order chi connectivity index (χ0) is 14.0. The number of ether oxygens (including phenoxy) is 1. The van der Waals surface area contributed by atoms with Gasteiger partial charge in [0.05, 0.1) is 12.7 Å². The summed E-state index contributed by atoms with van der Waals surface area (Å²) in [5.74, 6) is -2.38. The van der Waals surface area contributed by atoms with E-state index in [1.807, 2.05) is 0 Å². The van der Waals surface area contributed by atoms with Gasteiger partial charge in [0.25, 0.3) is 5.89 Å². The molecule has 100 valence electrons. The molecule has 0 aliphatic rings. The minimum absolute atomic E-state index is 0.0310. The van der Waals surface area contributed by atoms with E-state index in [1.54, 1.807) is 0 Å². The molecule has 0 aromatic carbocycles. The van der Waals surface area contributed by atoms with Gasteiger partial charge in [-0.1, -0.05) is 0 Å². The highest BCUT2D eigenvalue weighted by molar-refractivity contribution is 5.86. The quantitative estimate of drug-likeness (QED) is 0.640. The fourth-order valence-electron chi connectivity index (χ4n) is 1.40. The summed E-state index contributed by atoms with van der Waals surface area (Å²) in [5, 5.41) is 19.4. The molecule has 2 heterocycles. The first-order valence-electron chi connectivity index (χ1n) is 4.99. The second-order valence-electron chi connectivity index (χ2n) is 3.43. The third-order valence-electron chi connectivity index (χ3n) is 2.16. The van der Waals surface area contributed by atoms with Crippen LogP contribution in [0.3, 0.4) is 0 Å². The minimum atomic E-state index is -1.31. The Kier molecular flexibility index (Phi) is 3.29. The SMILES string of the molecule is COCc1nc(-c2ccc([N+](=O)[O-])o2)oc1C(=O)O. The normalized spacial score (nSPS) is 10.6. The number of oxazole rings is 1. The lowest BCUT2D eigenvalue weighted by molar-refractivity contribution is -0.401. The average Bonchev–Trinajstić information content (AvgIpc) is 2.94. The summed E-state index contributed by atoms with van der Waals surface area (Å²) >= 11 is 0. The molecule has 9 heteroatoms. The van der Waals surface area contributed by atoms with E-state index in [9.17, 15) is 14.9 Å². The van der Waals surface area contributed by atoms with Crippen LogP contribution in [-0.4, -0.2) is 28.1 Å². The number of aromatic carboxylic acids is 1. The van der Waals surface area contributed by atoms with Gasteiger partial charge in [-0.2, -0.15) is 0 Å². The van der Waals surface area contributed by atoms with Gasteiger partial charge in [0.1, 0.15) is 10.6 Å². The van der Waals surface area contributed by atoms with Crippen LogP contribution in [0.15, 0.2) is 21.0 Å². The molecule has 0 atom stereocenters. The molecule has 0 spiro atoms. The molecule has 2 aromatic heterocycles. The molecular formula is C10H8N2O7. The molecule has 0 saturated carbocycles. The van der Waals surface area contributed by atoms with E-state index in [1.165, 1.54) is 13.2 Å². The summed E-state index contributed by atoms with van der Waals surface area (Å²) < 4.78 is 14.7. The Morgan fingerprint density at radius 3 is 2.79 bits per heavy atom. The molecule has 0 amide bonds. The van der Waals surface area contributed by atoms with Crippen molar-refractivity contribution in [3.63, 3.8) is 0 Å². The van der Waals surface area contributed by atoms with E-state index in [0.29, 0.717) is 0 Å². The molecule has 2 rings (SSSR count). The van der Waals surface area contributed by atoms with E-state index in [-0.39, 0.29) is 24.0 Å². The third-order valence-corrected chi connectivity index (χ3v) is 2.16. The van der Waals surface area contributed by atoms with Crippen molar-refractivity contribution in [2.45, 2.75) is 6.61 Å². The van der Waals surface area contributed by atoms with Crippen molar-refractivity contribution >= 4 is 11.9 Å². The number of carboxylic acids is 1. The van der Waals surface area contributed by atoms with Gasteiger partial charge in [-0.25, -0.2) is 9.78 Å². The molecule has 0 aliphatic heterocycles. The predicted molar refractivity (Wildman–Crippen MR) is 58.5 cm³/mol. The largest absolute Gasteiger partial charge is 0.475 e. The van der Waals surface area contributed by atoms with E-state index in [0.717, 1.165) is 6.07 Å². The maximum atomic E-state index is 10.9. The zero-order valence-electron chi connectivity index (χ0n) is 9.65. The molecule has 2 aromatic rings. The summed E-state index contributed by atoms with van der Waals surface area (Å²) in [7, 11) is 1.37. The molecule has 9 nitrogen and oxygen atoms in total. The first-order chi connectivity index (χ1) is 9.02. The molecule has 0 aliphatic carbocycles. The van der Waals surface area contributed by atoms with Gasteiger partial charge in [-0.15, -0.1) is 0 Å². The summed E-state index contributed by atoms with van der Waals surface area (Å²) in [6.07, 6.45) is 0. The van der Waals surface area contributed by atoms with E-state index in [4.69, 9.17) is 18.7 Å². The summed E-state index contributed by atoms with van der Waals surface area (Å²) in [6, 6.07) is 2.39. The van der Waals surface area contributed by atoms with Gasteiger partial charge < -0.3 is 18.7 Å². The van der Waals surface area contributed by atoms with Crippen LogP contribution < -0.4 is 0 Å². The predicted octanol–water partition coefficient (Wildman–Crippen LogP) is 1.69. The lowest BCUT2D eigenvalue weighted by Gasteiger charge is -1.92. The lowest BCUT2D eigenvalue weighted by atomic mass is 10.3. The molecule has 0 bridgehead atoms. The molecule has 0 saturated heterocycles. The van der Waals surface area contributed by atoms with Crippen molar-refractivity contribution in [2.75, 3.05) is 7.11 Å². The topological polar surface area (TPSA) is 129 Å². The Balaban J connectivity index is 2.41. The van der Waals surface area contributed by atoms with Gasteiger partial charge in [0, 0.05) is 7.11 Å². The van der Waals surface area contributed by atoms with Crippen molar-refractivity contribution in [1.82, 2.24) is 4.98 Å². The monoisotopic (exact) mass is 268 g/mol. The fourth-order valence-corrected chi connectivity index (χ4v) is 1.40. The maximum Gasteiger partial charge on any atom is 0.433 e. The average molecular weight is 268 g/mol. The van der Waals surface area contributed by atoms with Crippen LogP contribution in [-0.2, 0) is 11.3 Å². The highest BCUT2D eigenvalue weighted by atomic mass is 16.6. The standard InChI is InChI=1S/C10H8N2O7/c1-17-4-5-8(10(13)14)19-9(11-5)6-2-3-7(18-6)12(15)16/h2-3H,4H2,1H3,(H,13,14). The number of aromatic nitrogens is 1. The number of nitrogens with zero attached hydrogens (tertiary/aromatic N) is 2. The van der Waals surface area contributed by atoms with Crippen LogP contribution in [0.1, 0.15) is 16.2 Å². The summed E-state index contributed by atoms with van der Waals surface area (Å²) in [6.45, 7) is -0.0616. The Labute approximate surface area is 105 Å². The number of methoxy groups -OCH3 is 1. The number of carboxylic acid groups (broad SMARTS) is 1. The lowest BCUT2D eigenvalue weighted by Crippen LogP contribution is -2.00. The van der Waals surface area contributed by atoms with Crippen molar-refractivity contribution in [3.05, 3.63) is 33.7 Å². The second kappa shape index (κ2) is 4.90. The number of furan rings is 1. The molecular weight excluding hydrogens is 260 g/mol. The number of nitro groups is 1. The van der Waals surface area contributed by atoms with Crippen molar-refractivity contribution in [3.8, 4) is 11.7 Å². The number of hydrogen-bond donors (Lipinski definition) is 1. The highest BCUT2D eigenvalue weighted by Gasteiger charge is 2.23.